The monoisotopic (exact) mass is 299 g/mol. The third-order valence-corrected chi connectivity index (χ3v) is 4.26. The molecule has 1 heterocycles. The van der Waals surface area contributed by atoms with Crippen LogP contribution in [0, 0.1) is 0 Å². The number of rotatable bonds is 7. The molecule has 0 aliphatic carbocycles. The standard InChI is InChI=1S/C15H29N3O3/c1-4-6-12(11-14(19)20)16-15(21)17(3)13-7-9-18(5-2)10-8-13/h12-13H,4-11H2,1-3H3,(H,16,21)(H,19,20). The van der Waals surface area contributed by atoms with Gasteiger partial charge >= 0.3 is 12.0 Å². The summed E-state index contributed by atoms with van der Waals surface area (Å²) in [5, 5.41) is 11.8. The molecule has 122 valence electrons. The van der Waals surface area contributed by atoms with Crippen molar-refractivity contribution < 1.29 is 14.7 Å². The molecule has 2 N–H and O–H groups in total. The summed E-state index contributed by atoms with van der Waals surface area (Å²) < 4.78 is 0. The van der Waals surface area contributed by atoms with Crippen molar-refractivity contribution >= 4 is 12.0 Å². The van der Waals surface area contributed by atoms with Gasteiger partial charge in [0.2, 0.25) is 0 Å². The van der Waals surface area contributed by atoms with Crippen molar-refractivity contribution in [2.45, 2.75) is 58.0 Å². The third-order valence-electron chi connectivity index (χ3n) is 4.26. The van der Waals surface area contributed by atoms with Gasteiger partial charge in [0.05, 0.1) is 6.42 Å². The number of piperidine rings is 1. The first-order chi connectivity index (χ1) is 9.97. The molecule has 0 spiro atoms. The molecule has 0 radical (unpaired) electrons. The number of carbonyl (C=O) groups is 2. The number of urea groups is 1. The van der Waals surface area contributed by atoms with Crippen LogP contribution >= 0.6 is 0 Å². The molecule has 0 aromatic heterocycles. The summed E-state index contributed by atoms with van der Waals surface area (Å²) in [5.41, 5.74) is 0. The second-order valence-electron chi connectivity index (χ2n) is 5.81. The number of carboxylic acid groups (broad SMARTS) is 1. The van der Waals surface area contributed by atoms with E-state index >= 15 is 0 Å². The molecular weight excluding hydrogens is 270 g/mol. The Bertz CT molecular complexity index is 341. The van der Waals surface area contributed by atoms with E-state index in [-0.39, 0.29) is 24.5 Å². The molecular formula is C15H29N3O3. The first-order valence-corrected chi connectivity index (χ1v) is 7.95. The molecule has 21 heavy (non-hydrogen) atoms. The van der Waals surface area contributed by atoms with Crippen molar-refractivity contribution in [1.29, 1.82) is 0 Å². The molecule has 0 bridgehead atoms. The molecule has 1 unspecified atom stereocenters. The summed E-state index contributed by atoms with van der Waals surface area (Å²) >= 11 is 0. The average Bonchev–Trinajstić information content (AvgIpc) is 2.46. The Hall–Kier alpha value is -1.30. The highest BCUT2D eigenvalue weighted by Gasteiger charge is 2.26. The smallest absolute Gasteiger partial charge is 0.317 e. The van der Waals surface area contributed by atoms with Crippen LogP contribution < -0.4 is 5.32 Å². The van der Waals surface area contributed by atoms with Gasteiger partial charge in [-0.1, -0.05) is 20.3 Å². The van der Waals surface area contributed by atoms with Crippen LogP contribution in [0.4, 0.5) is 4.79 Å². The number of nitrogens with zero attached hydrogens (tertiary/aromatic N) is 2. The number of likely N-dealkylation sites (tertiary alicyclic amines) is 1. The molecule has 1 aliphatic rings. The van der Waals surface area contributed by atoms with E-state index in [1.165, 1.54) is 0 Å². The Kier molecular flexibility index (Phi) is 7.50. The maximum Gasteiger partial charge on any atom is 0.317 e. The van der Waals surface area contributed by atoms with Gasteiger partial charge in [0.1, 0.15) is 0 Å². The summed E-state index contributed by atoms with van der Waals surface area (Å²) in [6.45, 7) is 7.24. The predicted molar refractivity (Wildman–Crippen MR) is 82.4 cm³/mol. The molecule has 6 heteroatoms. The molecule has 6 nitrogen and oxygen atoms in total. The largest absolute Gasteiger partial charge is 0.481 e. The summed E-state index contributed by atoms with van der Waals surface area (Å²) in [6, 6.07) is -0.178. The first kappa shape index (κ1) is 17.8. The van der Waals surface area contributed by atoms with Gasteiger partial charge in [0, 0.05) is 32.2 Å². The minimum atomic E-state index is -0.868. The van der Waals surface area contributed by atoms with Gasteiger partial charge in [-0.2, -0.15) is 0 Å². The Labute approximate surface area is 127 Å². The number of aliphatic carboxylic acids is 1. The fraction of sp³-hybridized carbons (Fsp3) is 0.867. The van der Waals surface area contributed by atoms with E-state index in [1.807, 2.05) is 14.0 Å². The van der Waals surface area contributed by atoms with Crippen molar-refractivity contribution in [2.24, 2.45) is 0 Å². The third kappa shape index (κ3) is 5.91. The molecule has 1 rings (SSSR count). The second-order valence-corrected chi connectivity index (χ2v) is 5.81. The number of hydrogen-bond acceptors (Lipinski definition) is 3. The SMILES string of the molecule is CCCC(CC(=O)O)NC(=O)N(C)C1CCN(CC)CC1. The minimum absolute atomic E-state index is 0.0122. The van der Waals surface area contributed by atoms with Crippen LogP contribution in [0.25, 0.3) is 0 Å². The number of amides is 2. The van der Waals surface area contributed by atoms with Gasteiger partial charge in [-0.3, -0.25) is 4.79 Å². The quantitative estimate of drug-likeness (QED) is 0.751. The highest BCUT2D eigenvalue weighted by atomic mass is 16.4. The van der Waals surface area contributed by atoms with Gasteiger partial charge < -0.3 is 20.2 Å². The zero-order chi connectivity index (χ0) is 15.8. The fourth-order valence-electron chi connectivity index (χ4n) is 2.85. The van der Waals surface area contributed by atoms with Crippen LogP contribution in [-0.2, 0) is 4.79 Å². The van der Waals surface area contributed by atoms with Crippen molar-refractivity contribution in [1.82, 2.24) is 15.1 Å². The van der Waals surface area contributed by atoms with E-state index in [1.54, 1.807) is 4.90 Å². The number of hydrogen-bond donors (Lipinski definition) is 2. The van der Waals surface area contributed by atoms with E-state index in [0.717, 1.165) is 38.9 Å². The van der Waals surface area contributed by atoms with Gasteiger partial charge in [-0.05, 0) is 25.8 Å². The number of nitrogens with one attached hydrogen (secondary N) is 1. The minimum Gasteiger partial charge on any atom is -0.481 e. The normalized spacial score (nSPS) is 18.2. The molecule has 2 amide bonds. The van der Waals surface area contributed by atoms with Crippen LogP contribution in [0.3, 0.4) is 0 Å². The summed E-state index contributed by atoms with van der Waals surface area (Å²) in [7, 11) is 1.81. The molecule has 0 aromatic carbocycles. The van der Waals surface area contributed by atoms with Crippen LogP contribution in [-0.4, -0.2) is 65.7 Å². The van der Waals surface area contributed by atoms with Crippen molar-refractivity contribution in [3.8, 4) is 0 Å². The van der Waals surface area contributed by atoms with Gasteiger partial charge in [0.15, 0.2) is 0 Å². The van der Waals surface area contributed by atoms with Crippen LogP contribution in [0.1, 0.15) is 46.0 Å². The van der Waals surface area contributed by atoms with E-state index in [4.69, 9.17) is 5.11 Å². The molecule has 1 atom stereocenters. The van der Waals surface area contributed by atoms with Crippen molar-refractivity contribution in [3.63, 3.8) is 0 Å². The Morgan fingerprint density at radius 3 is 2.43 bits per heavy atom. The van der Waals surface area contributed by atoms with E-state index in [0.29, 0.717) is 6.42 Å². The Morgan fingerprint density at radius 2 is 1.95 bits per heavy atom. The molecule has 1 aliphatic heterocycles. The molecule has 0 aromatic rings. The molecule has 1 saturated heterocycles. The average molecular weight is 299 g/mol. The lowest BCUT2D eigenvalue weighted by Gasteiger charge is -2.36. The van der Waals surface area contributed by atoms with Crippen LogP contribution in [0.15, 0.2) is 0 Å². The van der Waals surface area contributed by atoms with E-state index in [2.05, 4.69) is 17.1 Å². The maximum absolute atomic E-state index is 12.3. The van der Waals surface area contributed by atoms with Crippen molar-refractivity contribution in [2.75, 3.05) is 26.7 Å². The van der Waals surface area contributed by atoms with Crippen LogP contribution in [0.5, 0.6) is 0 Å². The van der Waals surface area contributed by atoms with Gasteiger partial charge in [0.25, 0.3) is 0 Å². The Balaban J connectivity index is 2.47. The zero-order valence-electron chi connectivity index (χ0n) is 13.5. The lowest BCUT2D eigenvalue weighted by Crippen LogP contribution is -2.51. The highest BCUT2D eigenvalue weighted by Crippen LogP contribution is 2.15. The van der Waals surface area contributed by atoms with Crippen LogP contribution in [0.2, 0.25) is 0 Å². The highest BCUT2D eigenvalue weighted by molar-refractivity contribution is 5.76. The van der Waals surface area contributed by atoms with E-state index < -0.39 is 5.97 Å². The predicted octanol–water partition coefficient (Wildman–Crippen LogP) is 1.76. The number of carboxylic acids is 1. The lowest BCUT2D eigenvalue weighted by atomic mass is 10.0. The zero-order valence-corrected chi connectivity index (χ0v) is 13.5. The summed E-state index contributed by atoms with van der Waals surface area (Å²) in [5.74, 6) is -0.868. The molecule has 0 saturated carbocycles. The first-order valence-electron chi connectivity index (χ1n) is 7.95. The van der Waals surface area contributed by atoms with Crippen molar-refractivity contribution in [3.05, 3.63) is 0 Å². The Morgan fingerprint density at radius 1 is 1.33 bits per heavy atom. The van der Waals surface area contributed by atoms with Gasteiger partial charge in [-0.15, -0.1) is 0 Å². The summed E-state index contributed by atoms with van der Waals surface area (Å²) in [6.07, 6.45) is 3.50. The maximum atomic E-state index is 12.3. The molecule has 1 fully saturated rings. The lowest BCUT2D eigenvalue weighted by molar-refractivity contribution is -0.137. The summed E-state index contributed by atoms with van der Waals surface area (Å²) in [4.78, 5) is 27.2. The van der Waals surface area contributed by atoms with Gasteiger partial charge in [-0.25, -0.2) is 4.79 Å². The second kappa shape index (κ2) is 8.87. The fourth-order valence-corrected chi connectivity index (χ4v) is 2.85. The topological polar surface area (TPSA) is 72.9 Å². The number of carbonyl (C=O) groups excluding carboxylic acids is 1. The van der Waals surface area contributed by atoms with E-state index in [9.17, 15) is 9.59 Å².